The number of nitrogens with two attached hydrogens (primary N) is 1. The van der Waals surface area contributed by atoms with E-state index in [9.17, 15) is 0 Å². The van der Waals surface area contributed by atoms with E-state index >= 15 is 0 Å². The van der Waals surface area contributed by atoms with Gasteiger partial charge in [-0.3, -0.25) is 0 Å². The van der Waals surface area contributed by atoms with Crippen molar-refractivity contribution in [1.29, 1.82) is 0 Å². The van der Waals surface area contributed by atoms with E-state index in [1.54, 1.807) is 6.07 Å². The average molecular weight is 288 g/mol. The van der Waals surface area contributed by atoms with Gasteiger partial charge in [0.2, 0.25) is 0 Å². The Balaban J connectivity index is 1.89. The summed E-state index contributed by atoms with van der Waals surface area (Å²) < 4.78 is 5.55. The second-order valence-electron chi connectivity index (χ2n) is 4.92. The Hall–Kier alpha value is -0.280. The molecule has 0 aliphatic heterocycles. The second kappa shape index (κ2) is 6.25. The number of halogens is 2. The molecule has 2 N–H and O–H groups in total. The summed E-state index contributed by atoms with van der Waals surface area (Å²) >= 11 is 12.1. The van der Waals surface area contributed by atoms with Crippen LogP contribution in [0.25, 0.3) is 0 Å². The van der Waals surface area contributed by atoms with Crippen molar-refractivity contribution in [3.63, 3.8) is 0 Å². The van der Waals surface area contributed by atoms with Gasteiger partial charge < -0.3 is 10.5 Å². The van der Waals surface area contributed by atoms with Crippen LogP contribution in [0.2, 0.25) is 10.0 Å². The van der Waals surface area contributed by atoms with E-state index in [4.69, 9.17) is 33.7 Å². The maximum Gasteiger partial charge on any atom is 0.0580 e. The molecule has 1 aromatic rings. The van der Waals surface area contributed by atoms with E-state index in [1.807, 2.05) is 19.1 Å². The lowest BCUT2D eigenvalue weighted by Crippen LogP contribution is -2.33. The lowest BCUT2D eigenvalue weighted by molar-refractivity contribution is -0.0282. The molecule has 1 unspecified atom stereocenters. The molecule has 0 saturated heterocycles. The summed E-state index contributed by atoms with van der Waals surface area (Å²) in [6, 6.07) is 5.42. The maximum atomic E-state index is 6.21. The van der Waals surface area contributed by atoms with Crippen LogP contribution in [0, 0.1) is 5.92 Å². The summed E-state index contributed by atoms with van der Waals surface area (Å²) in [6.07, 6.45) is 3.60. The zero-order valence-electron chi connectivity index (χ0n) is 10.5. The third-order valence-corrected chi connectivity index (χ3v) is 4.12. The molecule has 4 heteroatoms. The topological polar surface area (TPSA) is 35.2 Å². The van der Waals surface area contributed by atoms with Crippen LogP contribution in [-0.4, -0.2) is 12.7 Å². The number of hydrogen-bond acceptors (Lipinski definition) is 2. The van der Waals surface area contributed by atoms with Crippen LogP contribution in [0.1, 0.15) is 37.8 Å². The molecule has 2 nitrogen and oxygen atoms in total. The van der Waals surface area contributed by atoms with Crippen LogP contribution in [-0.2, 0) is 4.74 Å². The third kappa shape index (κ3) is 3.39. The Morgan fingerprint density at radius 1 is 1.39 bits per heavy atom. The minimum Gasteiger partial charge on any atom is -0.378 e. The monoisotopic (exact) mass is 287 g/mol. The fraction of sp³-hybridized carbons (Fsp3) is 0.571. The molecule has 1 saturated carbocycles. The minimum atomic E-state index is -0.0382. The van der Waals surface area contributed by atoms with Gasteiger partial charge in [-0.15, -0.1) is 0 Å². The van der Waals surface area contributed by atoms with E-state index in [0.717, 1.165) is 31.4 Å². The summed E-state index contributed by atoms with van der Waals surface area (Å²) in [6.45, 7) is 2.83. The fourth-order valence-electron chi connectivity index (χ4n) is 2.52. The van der Waals surface area contributed by atoms with E-state index in [2.05, 4.69) is 0 Å². The summed E-state index contributed by atoms with van der Waals surface area (Å²) in [5.41, 5.74) is 7.16. The van der Waals surface area contributed by atoms with Crippen LogP contribution in [0.15, 0.2) is 18.2 Å². The standard InChI is InChI=1S/C14H19Cl2NO/c1-2-18-11-5-9(6-11)7-14(17)12-8-10(15)3-4-13(12)16/h3-4,8-9,11,14H,2,5-7,17H2,1H3. The predicted octanol–water partition coefficient (Wildman–Crippen LogP) is 4.20. The highest BCUT2D eigenvalue weighted by Crippen LogP contribution is 2.37. The lowest BCUT2D eigenvalue weighted by atomic mass is 9.77. The molecule has 0 aromatic heterocycles. The highest BCUT2D eigenvalue weighted by atomic mass is 35.5. The van der Waals surface area contributed by atoms with Crippen LogP contribution < -0.4 is 5.73 Å². The largest absolute Gasteiger partial charge is 0.378 e. The van der Waals surface area contributed by atoms with Crippen molar-refractivity contribution in [3.8, 4) is 0 Å². The number of rotatable bonds is 5. The minimum absolute atomic E-state index is 0.0382. The molecule has 1 aliphatic rings. The first-order chi connectivity index (χ1) is 8.60. The number of hydrogen-bond donors (Lipinski definition) is 1. The molecule has 0 heterocycles. The van der Waals surface area contributed by atoms with Crippen molar-refractivity contribution in [2.75, 3.05) is 6.61 Å². The molecule has 18 heavy (non-hydrogen) atoms. The van der Waals surface area contributed by atoms with Gasteiger partial charge in [-0.1, -0.05) is 23.2 Å². The Morgan fingerprint density at radius 3 is 2.78 bits per heavy atom. The van der Waals surface area contributed by atoms with Crippen molar-refractivity contribution < 1.29 is 4.74 Å². The van der Waals surface area contributed by atoms with Gasteiger partial charge in [-0.25, -0.2) is 0 Å². The van der Waals surface area contributed by atoms with E-state index < -0.39 is 0 Å². The van der Waals surface area contributed by atoms with Crippen molar-refractivity contribution in [1.82, 2.24) is 0 Å². The van der Waals surface area contributed by atoms with Gasteiger partial charge >= 0.3 is 0 Å². The Kier molecular flexibility index (Phi) is 4.91. The fourth-order valence-corrected chi connectivity index (χ4v) is 2.96. The number of benzene rings is 1. The first-order valence-electron chi connectivity index (χ1n) is 6.42. The van der Waals surface area contributed by atoms with Crippen LogP contribution >= 0.6 is 23.2 Å². The SMILES string of the molecule is CCOC1CC(CC(N)c2cc(Cl)ccc2Cl)C1. The first kappa shape index (κ1) is 14.1. The Labute approximate surface area is 118 Å². The normalized spacial score (nSPS) is 24.7. The lowest BCUT2D eigenvalue weighted by Gasteiger charge is -2.36. The van der Waals surface area contributed by atoms with Crippen molar-refractivity contribution in [2.24, 2.45) is 11.7 Å². The van der Waals surface area contributed by atoms with Gasteiger partial charge in [-0.2, -0.15) is 0 Å². The average Bonchev–Trinajstić information content (AvgIpc) is 2.29. The molecule has 0 spiro atoms. The van der Waals surface area contributed by atoms with Crippen molar-refractivity contribution >= 4 is 23.2 Å². The molecule has 1 aliphatic carbocycles. The molecule has 0 bridgehead atoms. The van der Waals surface area contributed by atoms with Crippen molar-refractivity contribution in [3.05, 3.63) is 33.8 Å². The summed E-state index contributed by atoms with van der Waals surface area (Å²) in [5, 5.41) is 1.39. The highest BCUT2D eigenvalue weighted by Gasteiger charge is 2.31. The quantitative estimate of drug-likeness (QED) is 0.881. The molecular weight excluding hydrogens is 269 g/mol. The molecular formula is C14H19Cl2NO. The third-order valence-electron chi connectivity index (χ3n) is 3.54. The Morgan fingerprint density at radius 2 is 2.11 bits per heavy atom. The molecule has 1 atom stereocenters. The highest BCUT2D eigenvalue weighted by molar-refractivity contribution is 6.33. The molecule has 0 radical (unpaired) electrons. The molecule has 100 valence electrons. The smallest absolute Gasteiger partial charge is 0.0580 e. The summed E-state index contributed by atoms with van der Waals surface area (Å²) in [4.78, 5) is 0. The van der Waals surface area contributed by atoms with Gasteiger partial charge in [0.05, 0.1) is 6.10 Å². The zero-order valence-corrected chi connectivity index (χ0v) is 12.0. The van der Waals surface area contributed by atoms with Gasteiger partial charge in [-0.05, 0) is 55.9 Å². The first-order valence-corrected chi connectivity index (χ1v) is 7.17. The zero-order chi connectivity index (χ0) is 13.1. The second-order valence-corrected chi connectivity index (χ2v) is 5.77. The summed E-state index contributed by atoms with van der Waals surface area (Å²) in [5.74, 6) is 0.645. The van der Waals surface area contributed by atoms with E-state index in [-0.39, 0.29) is 6.04 Å². The van der Waals surface area contributed by atoms with Gasteiger partial charge in [0.25, 0.3) is 0 Å². The predicted molar refractivity (Wildman–Crippen MR) is 76.1 cm³/mol. The maximum absolute atomic E-state index is 6.21. The van der Waals surface area contributed by atoms with Gasteiger partial charge in [0, 0.05) is 22.7 Å². The van der Waals surface area contributed by atoms with Crippen LogP contribution in [0.5, 0.6) is 0 Å². The van der Waals surface area contributed by atoms with E-state index in [0.29, 0.717) is 22.1 Å². The number of ether oxygens (including phenoxy) is 1. The molecule has 2 rings (SSSR count). The van der Waals surface area contributed by atoms with Crippen LogP contribution in [0.3, 0.4) is 0 Å². The van der Waals surface area contributed by atoms with E-state index in [1.165, 1.54) is 0 Å². The molecule has 1 aromatic carbocycles. The van der Waals surface area contributed by atoms with Crippen LogP contribution in [0.4, 0.5) is 0 Å². The van der Waals surface area contributed by atoms with Gasteiger partial charge in [0.1, 0.15) is 0 Å². The summed E-state index contributed by atoms with van der Waals surface area (Å²) in [7, 11) is 0. The van der Waals surface area contributed by atoms with Crippen molar-refractivity contribution in [2.45, 2.75) is 38.3 Å². The van der Waals surface area contributed by atoms with Gasteiger partial charge in [0.15, 0.2) is 0 Å². The molecule has 0 amide bonds. The Bertz CT molecular complexity index is 405. The molecule has 1 fully saturated rings.